The molecule has 0 bridgehead atoms. The minimum atomic E-state index is 0.0329. The molecule has 3 aromatic heterocycles. The van der Waals surface area contributed by atoms with Crippen molar-refractivity contribution in [1.29, 1.82) is 0 Å². The maximum absolute atomic E-state index is 12.9. The molecule has 0 saturated carbocycles. The first-order valence-corrected chi connectivity index (χ1v) is 8.08. The van der Waals surface area contributed by atoms with Crippen LogP contribution in [0, 0.1) is 6.92 Å². The topological polar surface area (TPSA) is 73.9 Å². The van der Waals surface area contributed by atoms with Crippen molar-refractivity contribution in [3.05, 3.63) is 59.7 Å². The summed E-state index contributed by atoms with van der Waals surface area (Å²) >= 11 is 0. The summed E-state index contributed by atoms with van der Waals surface area (Å²) in [5.74, 6) is 0.0329. The number of rotatable bonds is 2. The molecular formula is C18H19N5O. The summed E-state index contributed by atoms with van der Waals surface area (Å²) in [6.45, 7) is 4.13. The van der Waals surface area contributed by atoms with Crippen molar-refractivity contribution in [1.82, 2.24) is 25.2 Å². The van der Waals surface area contributed by atoms with Gasteiger partial charge < -0.3 is 15.2 Å². The highest BCUT2D eigenvalue weighted by molar-refractivity contribution is 5.97. The van der Waals surface area contributed by atoms with E-state index < -0.39 is 0 Å². The molecule has 1 atom stereocenters. The number of piperazine rings is 1. The van der Waals surface area contributed by atoms with Crippen LogP contribution < -0.4 is 5.32 Å². The number of nitrogens with zero attached hydrogens (tertiary/aromatic N) is 3. The van der Waals surface area contributed by atoms with E-state index in [-0.39, 0.29) is 11.9 Å². The number of nitrogens with one attached hydrogen (secondary N) is 2. The molecule has 6 heteroatoms. The molecule has 1 unspecified atom stereocenters. The summed E-state index contributed by atoms with van der Waals surface area (Å²) in [7, 11) is 0. The Morgan fingerprint density at radius 1 is 1.33 bits per heavy atom. The van der Waals surface area contributed by atoms with Crippen LogP contribution in [0.25, 0.3) is 11.0 Å². The number of carbonyl (C=O) groups is 1. The largest absolute Gasteiger partial charge is 0.346 e. The Bertz CT molecular complexity index is 874. The zero-order chi connectivity index (χ0) is 16.5. The number of H-pyrrole nitrogens is 1. The zero-order valence-corrected chi connectivity index (χ0v) is 13.5. The molecule has 0 aliphatic carbocycles. The summed E-state index contributed by atoms with van der Waals surface area (Å²) in [5.41, 5.74) is 3.71. The van der Waals surface area contributed by atoms with Crippen LogP contribution >= 0.6 is 0 Å². The van der Waals surface area contributed by atoms with E-state index in [9.17, 15) is 4.79 Å². The Balaban J connectivity index is 1.57. The Morgan fingerprint density at radius 3 is 3.00 bits per heavy atom. The number of aromatic nitrogens is 3. The molecule has 1 saturated heterocycles. The third-order valence-electron chi connectivity index (χ3n) is 4.56. The van der Waals surface area contributed by atoms with Gasteiger partial charge in [-0.1, -0.05) is 0 Å². The van der Waals surface area contributed by atoms with Gasteiger partial charge in [0.25, 0.3) is 5.91 Å². The molecule has 3 aromatic rings. The van der Waals surface area contributed by atoms with Gasteiger partial charge in [0.2, 0.25) is 0 Å². The van der Waals surface area contributed by atoms with Gasteiger partial charge in [0.05, 0.1) is 11.6 Å². The number of hydrogen-bond donors (Lipinski definition) is 2. The maximum atomic E-state index is 12.9. The number of pyridine rings is 2. The first-order valence-electron chi connectivity index (χ1n) is 8.08. The summed E-state index contributed by atoms with van der Waals surface area (Å²) < 4.78 is 0. The van der Waals surface area contributed by atoms with Gasteiger partial charge in [-0.2, -0.15) is 0 Å². The number of aromatic amines is 1. The van der Waals surface area contributed by atoms with Gasteiger partial charge in [-0.25, -0.2) is 4.98 Å². The lowest BCUT2D eigenvalue weighted by molar-refractivity contribution is 0.0702. The van der Waals surface area contributed by atoms with Gasteiger partial charge in [0.15, 0.2) is 0 Å². The Labute approximate surface area is 139 Å². The first kappa shape index (κ1) is 14.8. The lowest BCUT2D eigenvalue weighted by Crippen LogP contribution is -2.48. The summed E-state index contributed by atoms with van der Waals surface area (Å²) in [6.07, 6.45) is 7.13. The summed E-state index contributed by atoms with van der Waals surface area (Å²) in [4.78, 5) is 26.3. The van der Waals surface area contributed by atoms with Crippen LogP contribution in [0.2, 0.25) is 0 Å². The molecule has 6 nitrogen and oxygen atoms in total. The van der Waals surface area contributed by atoms with Crippen LogP contribution in [0.15, 0.2) is 43.0 Å². The van der Waals surface area contributed by atoms with Crippen LogP contribution in [-0.4, -0.2) is 45.4 Å². The zero-order valence-electron chi connectivity index (χ0n) is 13.5. The van der Waals surface area contributed by atoms with Crippen molar-refractivity contribution in [2.24, 2.45) is 0 Å². The molecule has 0 aromatic carbocycles. The van der Waals surface area contributed by atoms with Crippen LogP contribution in [-0.2, 0) is 0 Å². The predicted molar refractivity (Wildman–Crippen MR) is 91.7 cm³/mol. The van der Waals surface area contributed by atoms with Crippen molar-refractivity contribution < 1.29 is 4.79 Å². The molecular weight excluding hydrogens is 302 g/mol. The van der Waals surface area contributed by atoms with Gasteiger partial charge in [0, 0.05) is 49.8 Å². The SMILES string of the molecule is Cc1c[nH]c2ncc(C(=O)N3CCNC(c4ccncc4)C3)cc12. The summed E-state index contributed by atoms with van der Waals surface area (Å²) in [6, 6.07) is 6.04. The minimum absolute atomic E-state index is 0.0329. The minimum Gasteiger partial charge on any atom is -0.346 e. The molecule has 1 fully saturated rings. The molecule has 4 heterocycles. The smallest absolute Gasteiger partial charge is 0.255 e. The van der Waals surface area contributed by atoms with Crippen molar-refractivity contribution >= 4 is 16.9 Å². The van der Waals surface area contributed by atoms with E-state index in [2.05, 4.69) is 20.3 Å². The standard InChI is InChI=1S/C18H19N5O/c1-12-9-21-17-15(12)8-14(10-22-17)18(24)23-7-6-20-16(11-23)13-2-4-19-5-3-13/h2-5,8-10,16,20H,6-7,11H2,1H3,(H,21,22). The van der Waals surface area contributed by atoms with E-state index in [1.165, 1.54) is 0 Å². The van der Waals surface area contributed by atoms with Crippen molar-refractivity contribution in [2.45, 2.75) is 13.0 Å². The summed E-state index contributed by atoms with van der Waals surface area (Å²) in [5, 5.41) is 4.47. The highest BCUT2D eigenvalue weighted by Gasteiger charge is 2.25. The van der Waals surface area contributed by atoms with Crippen LogP contribution in [0.3, 0.4) is 0 Å². The molecule has 1 aliphatic rings. The Morgan fingerprint density at radius 2 is 2.17 bits per heavy atom. The molecule has 1 aliphatic heterocycles. The highest BCUT2D eigenvalue weighted by atomic mass is 16.2. The second-order valence-electron chi connectivity index (χ2n) is 6.13. The quantitative estimate of drug-likeness (QED) is 0.757. The van der Waals surface area contributed by atoms with Gasteiger partial charge in [-0.05, 0) is 36.2 Å². The highest BCUT2D eigenvalue weighted by Crippen LogP contribution is 2.21. The van der Waals surface area contributed by atoms with Gasteiger partial charge in [0.1, 0.15) is 5.65 Å². The van der Waals surface area contributed by atoms with Crippen LogP contribution in [0.5, 0.6) is 0 Å². The molecule has 0 radical (unpaired) electrons. The van der Waals surface area contributed by atoms with E-state index in [1.807, 2.05) is 36.2 Å². The third kappa shape index (κ3) is 2.65. The fourth-order valence-electron chi connectivity index (χ4n) is 3.19. The lowest BCUT2D eigenvalue weighted by Gasteiger charge is -2.34. The normalized spacial score (nSPS) is 18.0. The lowest BCUT2D eigenvalue weighted by atomic mass is 10.1. The first-order chi connectivity index (χ1) is 11.7. The average Bonchev–Trinajstić information content (AvgIpc) is 3.02. The number of carbonyl (C=O) groups excluding carboxylic acids is 1. The predicted octanol–water partition coefficient (Wildman–Crippen LogP) is 2.05. The van der Waals surface area contributed by atoms with Crippen LogP contribution in [0.4, 0.5) is 0 Å². The fourth-order valence-corrected chi connectivity index (χ4v) is 3.19. The van der Waals surface area contributed by atoms with Crippen molar-refractivity contribution in [3.63, 3.8) is 0 Å². The molecule has 4 rings (SSSR count). The van der Waals surface area contributed by atoms with E-state index in [0.717, 1.165) is 28.7 Å². The Kier molecular flexibility index (Phi) is 3.74. The van der Waals surface area contributed by atoms with E-state index in [1.54, 1.807) is 18.6 Å². The second-order valence-corrected chi connectivity index (χ2v) is 6.13. The number of hydrogen-bond acceptors (Lipinski definition) is 4. The van der Waals surface area contributed by atoms with Crippen molar-refractivity contribution in [3.8, 4) is 0 Å². The Hall–Kier alpha value is -2.73. The van der Waals surface area contributed by atoms with E-state index in [0.29, 0.717) is 18.7 Å². The van der Waals surface area contributed by atoms with Crippen molar-refractivity contribution in [2.75, 3.05) is 19.6 Å². The van der Waals surface area contributed by atoms with Gasteiger partial charge in [-0.15, -0.1) is 0 Å². The van der Waals surface area contributed by atoms with E-state index in [4.69, 9.17) is 0 Å². The number of aryl methyl sites for hydroxylation is 1. The molecule has 1 amide bonds. The average molecular weight is 321 g/mol. The van der Waals surface area contributed by atoms with E-state index >= 15 is 0 Å². The van der Waals surface area contributed by atoms with Crippen LogP contribution in [0.1, 0.15) is 27.5 Å². The maximum Gasteiger partial charge on any atom is 0.255 e. The fraction of sp³-hybridized carbons (Fsp3) is 0.278. The number of amides is 1. The monoisotopic (exact) mass is 321 g/mol. The second kappa shape index (κ2) is 6.05. The molecule has 24 heavy (non-hydrogen) atoms. The molecule has 2 N–H and O–H groups in total. The third-order valence-corrected chi connectivity index (χ3v) is 4.56. The van der Waals surface area contributed by atoms with Gasteiger partial charge >= 0.3 is 0 Å². The van der Waals surface area contributed by atoms with Gasteiger partial charge in [-0.3, -0.25) is 9.78 Å². The molecule has 122 valence electrons. The number of fused-ring (bicyclic) bond motifs is 1. The molecule has 0 spiro atoms.